The minimum absolute atomic E-state index is 0.0813. The molecule has 2 aliphatic heterocycles. The molecule has 5 heteroatoms. The Morgan fingerprint density at radius 1 is 1.33 bits per heavy atom. The minimum atomic E-state index is -0.495. The van der Waals surface area contributed by atoms with Crippen molar-refractivity contribution in [2.24, 2.45) is 0 Å². The van der Waals surface area contributed by atoms with Gasteiger partial charge >= 0.3 is 0 Å². The number of carbonyl (C=O) groups is 1. The van der Waals surface area contributed by atoms with Crippen molar-refractivity contribution in [1.29, 1.82) is 0 Å². The summed E-state index contributed by atoms with van der Waals surface area (Å²) >= 11 is 0. The van der Waals surface area contributed by atoms with Crippen LogP contribution in [0.25, 0.3) is 0 Å². The van der Waals surface area contributed by atoms with Crippen molar-refractivity contribution >= 4 is 5.78 Å². The molecule has 114 valence electrons. The average molecular weight is 292 g/mol. The third-order valence-electron chi connectivity index (χ3n) is 4.86. The Kier molecular flexibility index (Phi) is 3.95. The van der Waals surface area contributed by atoms with Gasteiger partial charge in [0.1, 0.15) is 11.6 Å². The lowest BCUT2D eigenvalue weighted by Crippen LogP contribution is -2.38. The van der Waals surface area contributed by atoms with E-state index in [-0.39, 0.29) is 23.6 Å². The van der Waals surface area contributed by atoms with Gasteiger partial charge in [0.2, 0.25) is 0 Å². The summed E-state index contributed by atoms with van der Waals surface area (Å²) in [6, 6.07) is 4.64. The largest absolute Gasteiger partial charge is 0.507 e. The van der Waals surface area contributed by atoms with Gasteiger partial charge in [-0.25, -0.2) is 4.39 Å². The van der Waals surface area contributed by atoms with E-state index in [0.717, 1.165) is 31.6 Å². The van der Waals surface area contributed by atoms with Crippen LogP contribution in [0.15, 0.2) is 18.2 Å². The standard InChI is InChI=1S/C16H21FN2O2/c1-18-12-3-4-13(18)9-19(7-6-12)10-16(21)14-8-11(17)2-5-15(14)20/h2,5,8,12-13,20H,3-4,6-7,9-10H2,1H3. The second-order valence-corrected chi connectivity index (χ2v) is 6.16. The molecule has 2 aliphatic rings. The molecule has 4 nitrogen and oxygen atoms in total. The number of likely N-dealkylation sites (N-methyl/N-ethyl adjacent to an activating group) is 1. The third kappa shape index (κ3) is 2.94. The van der Waals surface area contributed by atoms with Crippen LogP contribution in [0.4, 0.5) is 4.39 Å². The molecule has 0 aliphatic carbocycles. The van der Waals surface area contributed by atoms with E-state index >= 15 is 0 Å². The number of likely N-dealkylation sites (tertiary alicyclic amines) is 1. The number of carbonyl (C=O) groups excluding carboxylic acids is 1. The van der Waals surface area contributed by atoms with Crippen LogP contribution in [0, 0.1) is 5.82 Å². The molecule has 0 amide bonds. The van der Waals surface area contributed by atoms with E-state index in [2.05, 4.69) is 16.8 Å². The Balaban J connectivity index is 1.69. The molecular weight excluding hydrogens is 271 g/mol. The van der Waals surface area contributed by atoms with Crippen molar-refractivity contribution in [2.75, 3.05) is 26.7 Å². The van der Waals surface area contributed by atoms with E-state index in [9.17, 15) is 14.3 Å². The summed E-state index contributed by atoms with van der Waals surface area (Å²) in [6.45, 7) is 2.00. The first-order chi connectivity index (χ1) is 10.0. The lowest BCUT2D eigenvalue weighted by Gasteiger charge is -2.25. The summed E-state index contributed by atoms with van der Waals surface area (Å²) in [5, 5.41) is 9.72. The van der Waals surface area contributed by atoms with E-state index < -0.39 is 5.82 Å². The van der Waals surface area contributed by atoms with Crippen LogP contribution in [0.2, 0.25) is 0 Å². The van der Waals surface area contributed by atoms with Gasteiger partial charge < -0.3 is 5.11 Å². The van der Waals surface area contributed by atoms with Crippen LogP contribution in [0.5, 0.6) is 5.75 Å². The van der Waals surface area contributed by atoms with Gasteiger partial charge in [-0.2, -0.15) is 0 Å². The maximum absolute atomic E-state index is 13.2. The van der Waals surface area contributed by atoms with Gasteiger partial charge in [-0.15, -0.1) is 0 Å². The first kappa shape index (κ1) is 14.5. The summed E-state index contributed by atoms with van der Waals surface area (Å²) in [7, 11) is 2.16. The fourth-order valence-corrected chi connectivity index (χ4v) is 3.54. The van der Waals surface area contributed by atoms with Crippen LogP contribution < -0.4 is 0 Å². The molecule has 2 heterocycles. The van der Waals surface area contributed by atoms with Crippen molar-refractivity contribution in [2.45, 2.75) is 31.3 Å². The highest BCUT2D eigenvalue weighted by atomic mass is 19.1. The second kappa shape index (κ2) is 5.73. The minimum Gasteiger partial charge on any atom is -0.507 e. The molecular formula is C16H21FN2O2. The zero-order valence-electron chi connectivity index (χ0n) is 12.3. The number of hydrogen-bond acceptors (Lipinski definition) is 4. The maximum Gasteiger partial charge on any atom is 0.180 e. The second-order valence-electron chi connectivity index (χ2n) is 6.16. The van der Waals surface area contributed by atoms with Crippen LogP contribution in [-0.2, 0) is 0 Å². The van der Waals surface area contributed by atoms with E-state index in [0.29, 0.717) is 12.1 Å². The SMILES string of the molecule is CN1C2CCC1CN(CC(=O)c1cc(F)ccc1O)CC2. The number of benzene rings is 1. The number of nitrogens with zero attached hydrogens (tertiary/aromatic N) is 2. The summed E-state index contributed by atoms with van der Waals surface area (Å²) in [5.41, 5.74) is 0.0813. The van der Waals surface area contributed by atoms with E-state index in [4.69, 9.17) is 0 Å². The van der Waals surface area contributed by atoms with Crippen molar-refractivity contribution in [3.63, 3.8) is 0 Å². The first-order valence-electron chi connectivity index (χ1n) is 7.50. The van der Waals surface area contributed by atoms with Crippen LogP contribution in [0.3, 0.4) is 0 Å². The van der Waals surface area contributed by atoms with E-state index in [1.165, 1.54) is 18.9 Å². The Labute approximate surface area is 124 Å². The highest BCUT2D eigenvalue weighted by molar-refractivity contribution is 6.00. The number of hydrogen-bond donors (Lipinski definition) is 1. The van der Waals surface area contributed by atoms with Gasteiger partial charge in [0.25, 0.3) is 0 Å². The third-order valence-corrected chi connectivity index (χ3v) is 4.86. The smallest absolute Gasteiger partial charge is 0.180 e. The van der Waals surface area contributed by atoms with Gasteiger partial charge in [-0.1, -0.05) is 0 Å². The number of phenols is 1. The highest BCUT2D eigenvalue weighted by Crippen LogP contribution is 2.28. The predicted octanol–water partition coefficient (Wildman–Crippen LogP) is 1.88. The number of Topliss-reactive ketones (excluding diaryl/α,β-unsaturated/α-hetero) is 1. The molecule has 1 aromatic rings. The lowest BCUT2D eigenvalue weighted by atomic mass is 10.1. The maximum atomic E-state index is 13.2. The number of fused-ring (bicyclic) bond motifs is 2. The molecule has 2 bridgehead atoms. The summed E-state index contributed by atoms with van der Waals surface area (Å²) in [5.74, 6) is -0.854. The number of ketones is 1. The van der Waals surface area contributed by atoms with Gasteiger partial charge in [0.05, 0.1) is 12.1 Å². The van der Waals surface area contributed by atoms with Gasteiger partial charge in [-0.3, -0.25) is 14.6 Å². The summed E-state index contributed by atoms with van der Waals surface area (Å²) in [6.07, 6.45) is 3.49. The van der Waals surface area contributed by atoms with E-state index in [1.54, 1.807) is 0 Å². The van der Waals surface area contributed by atoms with Crippen molar-refractivity contribution in [3.05, 3.63) is 29.6 Å². The molecule has 21 heavy (non-hydrogen) atoms. The number of rotatable bonds is 3. The zero-order valence-corrected chi connectivity index (χ0v) is 12.3. The van der Waals surface area contributed by atoms with Crippen LogP contribution in [-0.4, -0.2) is 59.5 Å². The topological polar surface area (TPSA) is 43.8 Å². The quantitative estimate of drug-likeness (QED) is 0.864. The molecule has 3 rings (SSSR count). The molecule has 0 aromatic heterocycles. The fraction of sp³-hybridized carbons (Fsp3) is 0.562. The summed E-state index contributed by atoms with van der Waals surface area (Å²) in [4.78, 5) is 16.9. The monoisotopic (exact) mass is 292 g/mol. The highest BCUT2D eigenvalue weighted by Gasteiger charge is 2.35. The molecule has 1 aromatic carbocycles. The number of halogens is 1. The van der Waals surface area contributed by atoms with Crippen molar-refractivity contribution < 1.29 is 14.3 Å². The lowest BCUT2D eigenvalue weighted by molar-refractivity contribution is 0.0920. The van der Waals surface area contributed by atoms with Crippen LogP contribution >= 0.6 is 0 Å². The Morgan fingerprint density at radius 2 is 2.10 bits per heavy atom. The van der Waals surface area contributed by atoms with Crippen molar-refractivity contribution in [3.8, 4) is 5.75 Å². The Bertz CT molecular complexity index is 549. The molecule has 2 saturated heterocycles. The van der Waals surface area contributed by atoms with Gasteiger partial charge in [0.15, 0.2) is 5.78 Å². The first-order valence-corrected chi connectivity index (χ1v) is 7.50. The molecule has 0 spiro atoms. The Hall–Kier alpha value is -1.46. The normalized spacial score (nSPS) is 26.8. The average Bonchev–Trinajstić information content (AvgIpc) is 2.69. The molecule has 0 saturated carbocycles. The fourth-order valence-electron chi connectivity index (χ4n) is 3.54. The molecule has 2 atom stereocenters. The Morgan fingerprint density at radius 3 is 2.90 bits per heavy atom. The molecule has 2 unspecified atom stereocenters. The van der Waals surface area contributed by atoms with Crippen molar-refractivity contribution in [1.82, 2.24) is 9.80 Å². The van der Waals surface area contributed by atoms with Gasteiger partial charge in [-0.05, 0) is 44.5 Å². The zero-order chi connectivity index (χ0) is 15.0. The number of phenolic OH excluding ortho intramolecular Hbond substituents is 1. The van der Waals surface area contributed by atoms with E-state index in [1.807, 2.05) is 0 Å². The predicted molar refractivity (Wildman–Crippen MR) is 78.0 cm³/mol. The number of aromatic hydroxyl groups is 1. The van der Waals surface area contributed by atoms with Crippen LogP contribution in [0.1, 0.15) is 29.6 Å². The summed E-state index contributed by atoms with van der Waals surface area (Å²) < 4.78 is 13.2. The van der Waals surface area contributed by atoms with Gasteiger partial charge in [0, 0.05) is 25.2 Å². The molecule has 1 N–H and O–H groups in total. The molecule has 0 radical (unpaired) electrons. The molecule has 2 fully saturated rings.